The average molecular weight is 406 g/mol. The topological polar surface area (TPSA) is 97.4 Å². The highest BCUT2D eigenvalue weighted by Crippen LogP contribution is 2.31. The zero-order valence-electron chi connectivity index (χ0n) is 14.3. The Morgan fingerprint density at radius 1 is 1.37 bits per heavy atom. The summed E-state index contributed by atoms with van der Waals surface area (Å²) in [6.07, 6.45) is 0.862. The number of nitrogens with one attached hydrogen (secondary N) is 2. The molecule has 1 aromatic heterocycles. The van der Waals surface area contributed by atoms with Crippen LogP contribution in [-0.4, -0.2) is 34.6 Å². The smallest absolute Gasteiger partial charge is 0.338 e. The van der Waals surface area contributed by atoms with Crippen LogP contribution in [0.4, 0.5) is 11.4 Å². The molecule has 0 unspecified atom stereocenters. The summed E-state index contributed by atoms with van der Waals surface area (Å²) in [5.74, 6) is -0.623. The van der Waals surface area contributed by atoms with Crippen molar-refractivity contribution in [3.8, 4) is 0 Å². The normalized spacial score (nSPS) is 14.4. The molecule has 3 rings (SSSR count). The van der Waals surface area contributed by atoms with Crippen LogP contribution in [0, 0.1) is 0 Å². The maximum absolute atomic E-state index is 12.4. The highest BCUT2D eigenvalue weighted by Gasteiger charge is 2.21. The lowest BCUT2D eigenvalue weighted by molar-refractivity contribution is -0.123. The van der Waals surface area contributed by atoms with Gasteiger partial charge >= 0.3 is 5.97 Å². The average Bonchev–Trinajstić information content (AvgIpc) is 2.83. The summed E-state index contributed by atoms with van der Waals surface area (Å²) in [6.45, 7) is 1.46. The highest BCUT2D eigenvalue weighted by atomic mass is 35.5. The number of anilines is 2. The number of ether oxygens (including phenoxy) is 1. The lowest BCUT2D eigenvalue weighted by Crippen LogP contribution is -2.30. The Morgan fingerprint density at radius 2 is 2.19 bits per heavy atom. The molecule has 0 bridgehead atoms. The molecule has 2 heterocycles. The fraction of sp³-hybridized carbons (Fsp3) is 0.222. The van der Waals surface area contributed by atoms with Crippen molar-refractivity contribution in [2.24, 2.45) is 0 Å². The number of rotatable bonds is 4. The molecule has 0 fully saturated rings. The third kappa shape index (κ3) is 4.78. The number of aromatic nitrogens is 1. The maximum Gasteiger partial charge on any atom is 0.338 e. The van der Waals surface area contributed by atoms with E-state index in [9.17, 15) is 14.4 Å². The largest absolute Gasteiger partial charge is 0.449 e. The van der Waals surface area contributed by atoms with Gasteiger partial charge in [-0.3, -0.25) is 9.59 Å². The van der Waals surface area contributed by atoms with E-state index in [1.807, 2.05) is 0 Å². The molecule has 0 saturated carbocycles. The summed E-state index contributed by atoms with van der Waals surface area (Å²) in [5.41, 5.74) is 1.14. The van der Waals surface area contributed by atoms with E-state index in [1.165, 1.54) is 24.9 Å². The Balaban J connectivity index is 1.67. The molecule has 9 heteroatoms. The van der Waals surface area contributed by atoms with E-state index in [2.05, 4.69) is 15.6 Å². The molecular weight excluding hydrogens is 390 g/mol. The Morgan fingerprint density at radius 3 is 2.96 bits per heavy atom. The molecule has 0 spiro atoms. The van der Waals surface area contributed by atoms with Crippen LogP contribution in [0.2, 0.25) is 5.15 Å². The number of esters is 1. The minimum Gasteiger partial charge on any atom is -0.449 e. The van der Waals surface area contributed by atoms with Gasteiger partial charge in [-0.05, 0) is 37.3 Å². The minimum absolute atomic E-state index is 0.104. The van der Waals surface area contributed by atoms with E-state index < -0.39 is 18.0 Å². The molecule has 1 aliphatic heterocycles. The molecule has 2 aromatic rings. The Kier molecular flexibility index (Phi) is 5.98. The van der Waals surface area contributed by atoms with Crippen LogP contribution < -0.4 is 10.6 Å². The molecular formula is C18H16ClN3O4S. The number of pyridine rings is 1. The standard InChI is InChI=1S/C18H16ClN3O4S/c1-10(17(24)22-12-3-2-7-20-16(12)19)26-18(25)11-4-5-14-13(9-11)21-15(23)6-8-27-14/h2-5,7,9-10H,6,8H2,1H3,(H,21,23)(H,22,24)/t10-/m0/s1. The van der Waals surface area contributed by atoms with Gasteiger partial charge in [-0.2, -0.15) is 0 Å². The SMILES string of the molecule is C[C@H](OC(=O)c1ccc2c(c1)NC(=O)CCS2)C(=O)Nc1cccnc1Cl. The molecule has 0 radical (unpaired) electrons. The number of carbonyl (C=O) groups excluding carboxylic acids is 3. The zero-order valence-corrected chi connectivity index (χ0v) is 15.9. The van der Waals surface area contributed by atoms with Crippen LogP contribution in [0.1, 0.15) is 23.7 Å². The summed E-state index contributed by atoms with van der Waals surface area (Å²) in [4.78, 5) is 41.0. The first kappa shape index (κ1) is 19.2. The predicted molar refractivity (Wildman–Crippen MR) is 103 cm³/mol. The van der Waals surface area contributed by atoms with Crippen molar-refractivity contribution in [3.63, 3.8) is 0 Å². The first-order valence-corrected chi connectivity index (χ1v) is 9.49. The van der Waals surface area contributed by atoms with Gasteiger partial charge in [0.15, 0.2) is 11.3 Å². The number of carbonyl (C=O) groups is 3. The van der Waals surface area contributed by atoms with Crippen molar-refractivity contribution >= 4 is 52.5 Å². The third-order valence-corrected chi connectivity index (χ3v) is 5.12. The van der Waals surface area contributed by atoms with Crippen LogP contribution in [0.3, 0.4) is 0 Å². The molecule has 140 valence electrons. The number of amides is 2. The molecule has 1 atom stereocenters. The molecule has 1 aliphatic rings. The third-order valence-electron chi connectivity index (χ3n) is 3.75. The van der Waals surface area contributed by atoms with Crippen molar-refractivity contribution in [2.75, 3.05) is 16.4 Å². The Bertz CT molecular complexity index is 906. The number of thioether (sulfide) groups is 1. The second-order valence-electron chi connectivity index (χ2n) is 5.74. The van der Waals surface area contributed by atoms with Gasteiger partial charge in [-0.1, -0.05) is 11.6 Å². The van der Waals surface area contributed by atoms with E-state index in [-0.39, 0.29) is 16.6 Å². The maximum atomic E-state index is 12.4. The van der Waals surface area contributed by atoms with Crippen LogP contribution in [-0.2, 0) is 14.3 Å². The molecule has 27 heavy (non-hydrogen) atoms. The molecule has 0 aliphatic carbocycles. The molecule has 2 amide bonds. The fourth-order valence-corrected chi connectivity index (χ4v) is 3.45. The van der Waals surface area contributed by atoms with E-state index in [1.54, 1.807) is 30.3 Å². The van der Waals surface area contributed by atoms with Gasteiger partial charge in [0, 0.05) is 23.3 Å². The van der Waals surface area contributed by atoms with Gasteiger partial charge in [0.25, 0.3) is 5.91 Å². The quantitative estimate of drug-likeness (QED) is 0.598. The van der Waals surface area contributed by atoms with E-state index >= 15 is 0 Å². The molecule has 0 saturated heterocycles. The Labute approximate surface area is 164 Å². The number of fused-ring (bicyclic) bond motifs is 1. The second-order valence-corrected chi connectivity index (χ2v) is 7.23. The Hall–Kier alpha value is -2.58. The minimum atomic E-state index is -1.04. The number of halogens is 1. The van der Waals surface area contributed by atoms with Crippen molar-refractivity contribution < 1.29 is 19.1 Å². The number of nitrogens with zero attached hydrogens (tertiary/aromatic N) is 1. The zero-order chi connectivity index (χ0) is 19.4. The monoisotopic (exact) mass is 405 g/mol. The van der Waals surface area contributed by atoms with Gasteiger partial charge in [0.1, 0.15) is 0 Å². The predicted octanol–water partition coefficient (Wildman–Crippen LogP) is 3.35. The van der Waals surface area contributed by atoms with E-state index in [0.29, 0.717) is 23.5 Å². The molecule has 7 nitrogen and oxygen atoms in total. The summed E-state index contributed by atoms with van der Waals surface area (Å²) >= 11 is 7.43. The van der Waals surface area contributed by atoms with Crippen molar-refractivity contribution in [3.05, 3.63) is 47.2 Å². The van der Waals surface area contributed by atoms with Crippen LogP contribution in [0.25, 0.3) is 0 Å². The fourth-order valence-electron chi connectivity index (χ4n) is 2.34. The van der Waals surface area contributed by atoms with Gasteiger partial charge in [-0.25, -0.2) is 9.78 Å². The van der Waals surface area contributed by atoms with Gasteiger partial charge in [0.05, 0.1) is 16.9 Å². The number of hydrogen-bond donors (Lipinski definition) is 2. The van der Waals surface area contributed by atoms with E-state index in [0.717, 1.165) is 4.90 Å². The molecule has 1 aromatic carbocycles. The van der Waals surface area contributed by atoms with Crippen LogP contribution >= 0.6 is 23.4 Å². The van der Waals surface area contributed by atoms with Crippen molar-refractivity contribution in [1.82, 2.24) is 4.98 Å². The molecule has 2 N–H and O–H groups in total. The first-order valence-electron chi connectivity index (χ1n) is 8.13. The summed E-state index contributed by atoms with van der Waals surface area (Å²) in [7, 11) is 0. The summed E-state index contributed by atoms with van der Waals surface area (Å²) < 4.78 is 5.23. The first-order chi connectivity index (χ1) is 12.9. The van der Waals surface area contributed by atoms with Gasteiger partial charge in [-0.15, -0.1) is 11.8 Å². The highest BCUT2D eigenvalue weighted by molar-refractivity contribution is 7.99. The summed E-state index contributed by atoms with van der Waals surface area (Å²) in [6, 6.07) is 8.13. The lowest BCUT2D eigenvalue weighted by Gasteiger charge is -2.15. The van der Waals surface area contributed by atoms with Crippen molar-refractivity contribution in [1.29, 1.82) is 0 Å². The van der Waals surface area contributed by atoms with E-state index in [4.69, 9.17) is 16.3 Å². The van der Waals surface area contributed by atoms with Gasteiger partial charge < -0.3 is 15.4 Å². The number of benzene rings is 1. The summed E-state index contributed by atoms with van der Waals surface area (Å²) in [5, 5.41) is 5.47. The van der Waals surface area contributed by atoms with Crippen LogP contribution in [0.15, 0.2) is 41.4 Å². The van der Waals surface area contributed by atoms with Crippen molar-refractivity contribution in [2.45, 2.75) is 24.3 Å². The number of hydrogen-bond acceptors (Lipinski definition) is 6. The lowest BCUT2D eigenvalue weighted by atomic mass is 10.2. The second kappa shape index (κ2) is 8.41. The van der Waals surface area contributed by atoms with Gasteiger partial charge in [0.2, 0.25) is 5.91 Å². The van der Waals surface area contributed by atoms with Crippen LogP contribution in [0.5, 0.6) is 0 Å².